The van der Waals surface area contributed by atoms with Gasteiger partial charge in [-0.2, -0.15) is 0 Å². The Bertz CT molecular complexity index is 969. The number of aryl methyl sites for hydroxylation is 1. The molecule has 8 nitrogen and oxygen atoms in total. The largest absolute Gasteiger partial charge is 0.467 e. The van der Waals surface area contributed by atoms with Gasteiger partial charge >= 0.3 is 6.03 Å². The number of nitrogens with zero attached hydrogens (tertiary/aromatic N) is 3. The number of furan rings is 1. The van der Waals surface area contributed by atoms with E-state index in [0.717, 1.165) is 5.69 Å². The summed E-state index contributed by atoms with van der Waals surface area (Å²) in [4.78, 5) is 29.5. The van der Waals surface area contributed by atoms with Gasteiger partial charge in [0.05, 0.1) is 19.4 Å². The van der Waals surface area contributed by atoms with Gasteiger partial charge in [-0.25, -0.2) is 4.79 Å². The van der Waals surface area contributed by atoms with E-state index in [9.17, 15) is 9.59 Å². The molecule has 0 bridgehead atoms. The molecule has 3 aromatic rings. The third-order valence-corrected chi connectivity index (χ3v) is 5.10. The molecule has 0 unspecified atom stereocenters. The first-order valence-electron chi connectivity index (χ1n) is 10.6. The van der Waals surface area contributed by atoms with Gasteiger partial charge in [0.1, 0.15) is 12.3 Å². The van der Waals surface area contributed by atoms with E-state index in [1.165, 1.54) is 4.90 Å². The minimum atomic E-state index is -0.322. The Labute approximate surface area is 188 Å². The van der Waals surface area contributed by atoms with Gasteiger partial charge in [0.2, 0.25) is 5.91 Å². The van der Waals surface area contributed by atoms with Crippen LogP contribution in [0, 0.1) is 0 Å². The molecule has 3 rings (SSSR count). The first-order valence-corrected chi connectivity index (χ1v) is 10.6. The smallest absolute Gasteiger partial charge is 0.322 e. The zero-order valence-electron chi connectivity index (χ0n) is 18.6. The first-order chi connectivity index (χ1) is 15.6. The average molecular weight is 439 g/mol. The van der Waals surface area contributed by atoms with Gasteiger partial charge in [0, 0.05) is 44.9 Å². The quantitative estimate of drug-likeness (QED) is 0.463. The Morgan fingerprint density at radius 3 is 2.50 bits per heavy atom. The van der Waals surface area contributed by atoms with Crippen LogP contribution in [0.5, 0.6) is 0 Å². The van der Waals surface area contributed by atoms with Crippen LogP contribution in [0.25, 0.3) is 0 Å². The van der Waals surface area contributed by atoms with Gasteiger partial charge in [-0.05, 0) is 42.8 Å². The second-order valence-corrected chi connectivity index (χ2v) is 7.50. The van der Waals surface area contributed by atoms with Crippen LogP contribution >= 0.6 is 0 Å². The number of anilines is 1. The summed E-state index contributed by atoms with van der Waals surface area (Å²) in [5.41, 5.74) is 1.67. The van der Waals surface area contributed by atoms with Gasteiger partial charge in [-0.1, -0.05) is 18.2 Å². The summed E-state index contributed by atoms with van der Waals surface area (Å²) < 4.78 is 12.6. The lowest BCUT2D eigenvalue weighted by Crippen LogP contribution is -2.44. The first kappa shape index (κ1) is 23.1. The Balaban J connectivity index is 1.73. The van der Waals surface area contributed by atoms with E-state index in [0.29, 0.717) is 44.1 Å². The SMILES string of the molecule is COCCCN(CC(=O)N(Cc1ccco1)Cc1cccn1C)C(=O)Nc1ccccc1. The van der Waals surface area contributed by atoms with Crippen LogP contribution in [0.4, 0.5) is 10.5 Å². The molecule has 0 aliphatic heterocycles. The molecular formula is C24H30N4O4. The highest BCUT2D eigenvalue weighted by Crippen LogP contribution is 2.13. The summed E-state index contributed by atoms with van der Waals surface area (Å²) in [7, 11) is 3.56. The number of ether oxygens (including phenoxy) is 1. The molecule has 0 atom stereocenters. The fourth-order valence-corrected chi connectivity index (χ4v) is 3.32. The van der Waals surface area contributed by atoms with E-state index >= 15 is 0 Å². The van der Waals surface area contributed by atoms with Crippen molar-refractivity contribution in [2.75, 3.05) is 32.1 Å². The monoisotopic (exact) mass is 438 g/mol. The number of amides is 3. The molecule has 1 N–H and O–H groups in total. The summed E-state index contributed by atoms with van der Waals surface area (Å²) >= 11 is 0. The summed E-state index contributed by atoms with van der Waals surface area (Å²) in [6.45, 7) is 1.59. The molecule has 3 amide bonds. The van der Waals surface area contributed by atoms with Crippen LogP contribution in [0.3, 0.4) is 0 Å². The van der Waals surface area contributed by atoms with Crippen molar-refractivity contribution in [3.8, 4) is 0 Å². The molecular weight excluding hydrogens is 408 g/mol. The molecule has 0 aliphatic rings. The lowest BCUT2D eigenvalue weighted by Gasteiger charge is -2.27. The fourth-order valence-electron chi connectivity index (χ4n) is 3.32. The number of nitrogens with one attached hydrogen (secondary N) is 1. The zero-order chi connectivity index (χ0) is 22.8. The highest BCUT2D eigenvalue weighted by Gasteiger charge is 2.23. The molecule has 0 saturated heterocycles. The molecule has 170 valence electrons. The van der Waals surface area contributed by atoms with Gasteiger partial charge < -0.3 is 28.8 Å². The Morgan fingerprint density at radius 2 is 1.84 bits per heavy atom. The second-order valence-electron chi connectivity index (χ2n) is 7.50. The van der Waals surface area contributed by atoms with Gasteiger partial charge in [-0.15, -0.1) is 0 Å². The van der Waals surface area contributed by atoms with Crippen molar-refractivity contribution in [1.82, 2.24) is 14.4 Å². The molecule has 1 aromatic carbocycles. The van der Waals surface area contributed by atoms with E-state index in [1.54, 1.807) is 24.3 Å². The molecule has 0 aliphatic carbocycles. The van der Waals surface area contributed by atoms with E-state index in [2.05, 4.69) is 5.32 Å². The molecule has 32 heavy (non-hydrogen) atoms. The zero-order valence-corrected chi connectivity index (χ0v) is 18.6. The van der Waals surface area contributed by atoms with Crippen molar-refractivity contribution in [1.29, 1.82) is 0 Å². The number of hydrogen-bond donors (Lipinski definition) is 1. The van der Waals surface area contributed by atoms with Crippen molar-refractivity contribution in [2.45, 2.75) is 19.5 Å². The summed E-state index contributed by atoms with van der Waals surface area (Å²) in [5, 5.41) is 2.87. The number of benzene rings is 1. The standard InChI is InChI=1S/C24H30N4O4/c1-26-13-6-11-21(26)17-28(18-22-12-7-16-32-22)23(29)19-27(14-8-15-31-2)24(30)25-20-9-4-3-5-10-20/h3-7,9-13,16H,8,14-15,17-19H2,1-2H3,(H,25,30). The highest BCUT2D eigenvalue weighted by molar-refractivity contribution is 5.92. The molecule has 2 heterocycles. The number of carbonyl (C=O) groups excluding carboxylic acids is 2. The fraction of sp³-hybridized carbons (Fsp3) is 0.333. The van der Waals surface area contributed by atoms with Crippen LogP contribution in [0.1, 0.15) is 17.9 Å². The molecule has 0 saturated carbocycles. The Kier molecular flexibility index (Phi) is 8.51. The highest BCUT2D eigenvalue weighted by atomic mass is 16.5. The lowest BCUT2D eigenvalue weighted by molar-refractivity contribution is -0.133. The number of urea groups is 1. The predicted molar refractivity (Wildman–Crippen MR) is 122 cm³/mol. The summed E-state index contributed by atoms with van der Waals surface area (Å²) in [5.74, 6) is 0.524. The maximum Gasteiger partial charge on any atom is 0.322 e. The average Bonchev–Trinajstić information content (AvgIpc) is 3.45. The predicted octanol–water partition coefficient (Wildman–Crippen LogP) is 3.72. The normalized spacial score (nSPS) is 10.7. The van der Waals surface area contributed by atoms with Crippen LogP contribution in [0.15, 0.2) is 71.5 Å². The minimum Gasteiger partial charge on any atom is -0.467 e. The number of methoxy groups -OCH3 is 1. The van der Waals surface area contributed by atoms with Crippen LogP contribution in [0.2, 0.25) is 0 Å². The maximum atomic E-state index is 13.3. The van der Waals surface area contributed by atoms with Crippen molar-refractivity contribution in [3.63, 3.8) is 0 Å². The number of para-hydroxylation sites is 1. The van der Waals surface area contributed by atoms with Crippen molar-refractivity contribution in [3.05, 3.63) is 78.5 Å². The van der Waals surface area contributed by atoms with E-state index in [-0.39, 0.29) is 18.5 Å². The third-order valence-electron chi connectivity index (χ3n) is 5.10. The molecule has 0 spiro atoms. The molecule has 0 fully saturated rings. The minimum absolute atomic E-state index is 0.0481. The van der Waals surface area contributed by atoms with E-state index < -0.39 is 0 Å². The van der Waals surface area contributed by atoms with Crippen LogP contribution in [-0.4, -0.2) is 53.1 Å². The Morgan fingerprint density at radius 1 is 1.03 bits per heavy atom. The van der Waals surface area contributed by atoms with Crippen LogP contribution in [-0.2, 0) is 29.7 Å². The number of hydrogen-bond acceptors (Lipinski definition) is 4. The van der Waals surface area contributed by atoms with Crippen molar-refractivity contribution in [2.24, 2.45) is 7.05 Å². The third kappa shape index (κ3) is 6.75. The van der Waals surface area contributed by atoms with Crippen molar-refractivity contribution >= 4 is 17.6 Å². The van der Waals surface area contributed by atoms with Gasteiger partial charge in [0.15, 0.2) is 0 Å². The van der Waals surface area contributed by atoms with Gasteiger partial charge in [-0.3, -0.25) is 4.79 Å². The van der Waals surface area contributed by atoms with E-state index in [4.69, 9.17) is 9.15 Å². The summed E-state index contributed by atoms with van der Waals surface area (Å²) in [6, 6.07) is 16.4. The van der Waals surface area contributed by atoms with Gasteiger partial charge in [0.25, 0.3) is 0 Å². The second kappa shape index (κ2) is 11.8. The molecule has 8 heteroatoms. The van der Waals surface area contributed by atoms with Crippen LogP contribution < -0.4 is 5.32 Å². The Hall–Kier alpha value is -3.52. The maximum absolute atomic E-state index is 13.3. The topological polar surface area (TPSA) is 80.0 Å². The van der Waals surface area contributed by atoms with Crippen molar-refractivity contribution < 1.29 is 18.7 Å². The number of aromatic nitrogens is 1. The summed E-state index contributed by atoms with van der Waals surface area (Å²) in [6.07, 6.45) is 4.15. The molecule has 2 aromatic heterocycles. The number of carbonyl (C=O) groups is 2. The molecule has 0 radical (unpaired) electrons. The lowest BCUT2D eigenvalue weighted by atomic mass is 10.3. The number of rotatable bonds is 11. The van der Waals surface area contributed by atoms with E-state index in [1.807, 2.05) is 66.3 Å².